The van der Waals surface area contributed by atoms with Gasteiger partial charge in [-0.3, -0.25) is 0 Å². The summed E-state index contributed by atoms with van der Waals surface area (Å²) in [5.41, 5.74) is 11.4. The highest BCUT2D eigenvalue weighted by atomic mass is 16.3. The molecule has 0 saturated carbocycles. The molecule has 282 valence electrons. The summed E-state index contributed by atoms with van der Waals surface area (Å²) >= 11 is 0. The Bertz CT molecular complexity index is 3880. The van der Waals surface area contributed by atoms with Gasteiger partial charge in [0.05, 0.1) is 0 Å². The van der Waals surface area contributed by atoms with Gasteiger partial charge in [-0.1, -0.05) is 194 Å². The van der Waals surface area contributed by atoms with E-state index in [9.17, 15) is 0 Å². The molecule has 0 amide bonds. The van der Waals surface area contributed by atoms with Crippen LogP contribution in [0.15, 0.2) is 223 Å². The quantitative estimate of drug-likeness (QED) is 0.128. The molecule has 12 aromatic carbocycles. The van der Waals surface area contributed by atoms with Crippen LogP contribution in [0.3, 0.4) is 0 Å². The molecule has 0 bridgehead atoms. The van der Waals surface area contributed by atoms with Crippen molar-refractivity contribution in [2.24, 2.45) is 0 Å². The van der Waals surface area contributed by atoms with Gasteiger partial charge < -0.3 is 4.42 Å². The van der Waals surface area contributed by atoms with E-state index in [0.29, 0.717) is 0 Å². The summed E-state index contributed by atoms with van der Waals surface area (Å²) < 4.78 is 6.51. The Morgan fingerprint density at radius 1 is 0.230 bits per heavy atom. The van der Waals surface area contributed by atoms with Crippen molar-refractivity contribution in [2.45, 2.75) is 0 Å². The molecule has 61 heavy (non-hydrogen) atoms. The van der Waals surface area contributed by atoms with Gasteiger partial charge in [-0.05, 0) is 128 Å². The van der Waals surface area contributed by atoms with Crippen molar-refractivity contribution in [3.8, 4) is 44.5 Å². The summed E-state index contributed by atoms with van der Waals surface area (Å²) in [4.78, 5) is 0. The highest BCUT2D eigenvalue weighted by Gasteiger charge is 2.20. The standard InChI is InChI=1S/C60H36O/c1-2-22-44-42(20-1)43-21-3-5-25-47(43)59-48-26-6-4-23-45(48)54(36-55(44)59)38-17-14-19-40(35-38)58-51-29-9-7-27-49(51)57(50-28-8-10-30-52(50)58)39-18-13-16-37(34-39)41-31-15-32-53-46-24-11-12-33-56(46)61-60(41)53/h1-36H. The van der Waals surface area contributed by atoms with Gasteiger partial charge >= 0.3 is 0 Å². The lowest BCUT2D eigenvalue weighted by Gasteiger charge is -2.19. The van der Waals surface area contributed by atoms with Gasteiger partial charge in [-0.15, -0.1) is 0 Å². The van der Waals surface area contributed by atoms with Gasteiger partial charge in [0.2, 0.25) is 0 Å². The first-order valence-corrected chi connectivity index (χ1v) is 21.1. The highest BCUT2D eigenvalue weighted by Crippen LogP contribution is 2.47. The third-order valence-electron chi connectivity index (χ3n) is 13.0. The van der Waals surface area contributed by atoms with Crippen molar-refractivity contribution in [3.05, 3.63) is 218 Å². The molecule has 0 aliphatic rings. The Labute approximate surface area is 352 Å². The maximum atomic E-state index is 6.51. The maximum absolute atomic E-state index is 6.51. The van der Waals surface area contributed by atoms with E-state index >= 15 is 0 Å². The predicted molar refractivity (Wildman–Crippen MR) is 260 cm³/mol. The van der Waals surface area contributed by atoms with Crippen LogP contribution in [0.25, 0.3) is 131 Å². The van der Waals surface area contributed by atoms with Crippen LogP contribution in [0.5, 0.6) is 0 Å². The molecule has 1 heteroatoms. The van der Waals surface area contributed by atoms with Gasteiger partial charge in [0.1, 0.15) is 11.2 Å². The second-order valence-corrected chi connectivity index (χ2v) is 16.3. The number of benzene rings is 12. The van der Waals surface area contributed by atoms with E-state index in [1.54, 1.807) is 0 Å². The molecule has 0 atom stereocenters. The van der Waals surface area contributed by atoms with E-state index in [0.717, 1.165) is 33.1 Å². The van der Waals surface area contributed by atoms with Gasteiger partial charge in [0, 0.05) is 16.3 Å². The molecule has 0 N–H and O–H groups in total. The van der Waals surface area contributed by atoms with Crippen LogP contribution < -0.4 is 0 Å². The Morgan fingerprint density at radius 3 is 1.21 bits per heavy atom. The first kappa shape index (κ1) is 33.9. The van der Waals surface area contributed by atoms with Crippen LogP contribution in [0, 0.1) is 0 Å². The predicted octanol–water partition coefficient (Wildman–Crippen LogP) is 17.2. The number of hydrogen-bond acceptors (Lipinski definition) is 1. The van der Waals surface area contributed by atoms with E-state index in [2.05, 4.69) is 212 Å². The maximum Gasteiger partial charge on any atom is 0.143 e. The first-order valence-electron chi connectivity index (χ1n) is 21.1. The lowest BCUT2D eigenvalue weighted by atomic mass is 9.84. The number of hydrogen-bond donors (Lipinski definition) is 0. The largest absolute Gasteiger partial charge is 0.455 e. The van der Waals surface area contributed by atoms with Gasteiger partial charge in [-0.25, -0.2) is 0 Å². The van der Waals surface area contributed by atoms with Crippen LogP contribution in [0.4, 0.5) is 0 Å². The van der Waals surface area contributed by atoms with E-state index < -0.39 is 0 Å². The lowest BCUT2D eigenvalue weighted by Crippen LogP contribution is -1.92. The van der Waals surface area contributed by atoms with Gasteiger partial charge in [0.15, 0.2) is 0 Å². The molecule has 0 spiro atoms. The van der Waals surface area contributed by atoms with E-state index in [1.165, 1.54) is 98.0 Å². The number of para-hydroxylation sites is 2. The Hall–Kier alpha value is -8.00. The van der Waals surface area contributed by atoms with Crippen LogP contribution >= 0.6 is 0 Å². The molecule has 0 saturated heterocycles. The Balaban J connectivity index is 1.03. The highest BCUT2D eigenvalue weighted by molar-refractivity contribution is 6.33. The SMILES string of the molecule is c1cc(-c2c3ccccc3c(-c3cccc(-c4cccc5c4oc4ccccc45)c3)c3ccccc23)cc(-c2cc3c4ccccc4c4ccccc4c3c3ccccc23)c1. The fourth-order valence-electron chi connectivity index (χ4n) is 10.4. The van der Waals surface area contributed by atoms with Gasteiger partial charge in [0.25, 0.3) is 0 Å². The van der Waals surface area contributed by atoms with Crippen molar-refractivity contribution in [1.29, 1.82) is 0 Å². The topological polar surface area (TPSA) is 13.1 Å². The Morgan fingerprint density at radius 2 is 0.623 bits per heavy atom. The van der Waals surface area contributed by atoms with Crippen molar-refractivity contribution >= 4 is 86.6 Å². The molecule has 0 aliphatic heterocycles. The van der Waals surface area contributed by atoms with Crippen LogP contribution in [0.1, 0.15) is 0 Å². The minimum absolute atomic E-state index is 0.911. The van der Waals surface area contributed by atoms with E-state index in [4.69, 9.17) is 4.42 Å². The van der Waals surface area contributed by atoms with Crippen LogP contribution in [-0.2, 0) is 0 Å². The summed E-state index contributed by atoms with van der Waals surface area (Å²) in [6.07, 6.45) is 0. The average molecular weight is 773 g/mol. The second kappa shape index (κ2) is 13.3. The van der Waals surface area contributed by atoms with Crippen molar-refractivity contribution < 1.29 is 4.42 Å². The zero-order valence-electron chi connectivity index (χ0n) is 33.2. The minimum Gasteiger partial charge on any atom is -0.455 e. The minimum atomic E-state index is 0.911. The molecular weight excluding hydrogens is 737 g/mol. The van der Waals surface area contributed by atoms with Crippen LogP contribution in [-0.4, -0.2) is 0 Å². The summed E-state index contributed by atoms with van der Waals surface area (Å²) in [6, 6.07) is 80.1. The molecule has 13 aromatic rings. The lowest BCUT2D eigenvalue weighted by molar-refractivity contribution is 0.670. The van der Waals surface area contributed by atoms with E-state index in [1.807, 2.05) is 6.07 Å². The molecule has 0 unspecified atom stereocenters. The summed E-state index contributed by atoms with van der Waals surface area (Å²) in [7, 11) is 0. The first-order chi connectivity index (χ1) is 30.3. The zero-order valence-corrected chi connectivity index (χ0v) is 33.2. The van der Waals surface area contributed by atoms with Crippen LogP contribution in [0.2, 0.25) is 0 Å². The fourth-order valence-corrected chi connectivity index (χ4v) is 10.4. The van der Waals surface area contributed by atoms with E-state index in [-0.39, 0.29) is 0 Å². The third-order valence-corrected chi connectivity index (χ3v) is 13.0. The normalized spacial score (nSPS) is 11.9. The number of rotatable bonds is 4. The molecule has 0 radical (unpaired) electrons. The summed E-state index contributed by atoms with van der Waals surface area (Å²) in [5, 5.41) is 17.5. The molecule has 1 heterocycles. The molecule has 13 rings (SSSR count). The third kappa shape index (κ3) is 5.08. The number of fused-ring (bicyclic) bond motifs is 13. The van der Waals surface area contributed by atoms with Gasteiger partial charge in [-0.2, -0.15) is 0 Å². The average Bonchev–Trinajstić information content (AvgIpc) is 3.72. The smallest absolute Gasteiger partial charge is 0.143 e. The molecule has 1 nitrogen and oxygen atoms in total. The van der Waals surface area contributed by atoms with Crippen molar-refractivity contribution in [3.63, 3.8) is 0 Å². The summed E-state index contributed by atoms with van der Waals surface area (Å²) in [5.74, 6) is 0. The molecule has 0 fully saturated rings. The van der Waals surface area contributed by atoms with Crippen molar-refractivity contribution in [1.82, 2.24) is 0 Å². The molecule has 0 aliphatic carbocycles. The monoisotopic (exact) mass is 772 g/mol. The fraction of sp³-hybridized carbons (Fsp3) is 0. The number of furan rings is 1. The molecule has 1 aromatic heterocycles. The summed E-state index contributed by atoms with van der Waals surface area (Å²) in [6.45, 7) is 0. The Kier molecular flexibility index (Phi) is 7.37. The second-order valence-electron chi connectivity index (χ2n) is 16.3. The molecular formula is C60H36O. The van der Waals surface area contributed by atoms with Crippen molar-refractivity contribution in [2.75, 3.05) is 0 Å². The zero-order chi connectivity index (χ0) is 40.0.